The van der Waals surface area contributed by atoms with Gasteiger partial charge in [0.2, 0.25) is 0 Å². The summed E-state index contributed by atoms with van der Waals surface area (Å²) in [4.78, 5) is 28.3. The number of halogens is 2. The Labute approximate surface area is 148 Å². The molecule has 2 amide bonds. The van der Waals surface area contributed by atoms with Crippen molar-refractivity contribution in [2.24, 2.45) is 0 Å². The van der Waals surface area contributed by atoms with Crippen molar-refractivity contribution in [3.63, 3.8) is 0 Å². The zero-order valence-electron chi connectivity index (χ0n) is 12.5. The summed E-state index contributed by atoms with van der Waals surface area (Å²) in [5.41, 5.74) is 0.560. The first-order valence-electron chi connectivity index (χ1n) is 6.93. The lowest BCUT2D eigenvalue weighted by molar-refractivity contribution is 0.0933. The van der Waals surface area contributed by atoms with Gasteiger partial charge in [-0.1, -0.05) is 30.1 Å². The predicted molar refractivity (Wildman–Crippen MR) is 93.7 cm³/mol. The summed E-state index contributed by atoms with van der Waals surface area (Å²) in [6.07, 6.45) is 0.828. The van der Waals surface area contributed by atoms with E-state index < -0.39 is 5.91 Å². The molecule has 0 unspecified atom stereocenters. The summed E-state index contributed by atoms with van der Waals surface area (Å²) in [7, 11) is 0. The van der Waals surface area contributed by atoms with E-state index in [1.54, 1.807) is 11.4 Å². The Morgan fingerprint density at radius 2 is 2.04 bits per heavy atom. The van der Waals surface area contributed by atoms with Gasteiger partial charge in [0.05, 0.1) is 10.6 Å². The van der Waals surface area contributed by atoms with E-state index in [2.05, 4.69) is 15.6 Å². The van der Waals surface area contributed by atoms with Crippen molar-refractivity contribution < 1.29 is 9.59 Å². The first kappa shape index (κ1) is 17.7. The number of anilines is 1. The smallest absolute Gasteiger partial charge is 0.271 e. The number of hydrogen-bond donors (Lipinski definition) is 2. The van der Waals surface area contributed by atoms with Crippen LogP contribution < -0.4 is 10.6 Å². The molecule has 0 aliphatic rings. The lowest BCUT2D eigenvalue weighted by Gasteiger charge is -2.09. The van der Waals surface area contributed by atoms with Crippen molar-refractivity contribution in [3.05, 3.63) is 44.9 Å². The molecule has 0 saturated carbocycles. The molecule has 122 valence electrons. The van der Waals surface area contributed by atoms with Crippen LogP contribution in [0.5, 0.6) is 0 Å². The number of hydrogen-bond acceptors (Lipinski definition) is 4. The molecule has 8 heteroatoms. The Hall–Kier alpha value is -1.63. The highest BCUT2D eigenvalue weighted by Gasteiger charge is 2.16. The minimum atomic E-state index is -0.407. The van der Waals surface area contributed by atoms with Gasteiger partial charge in [-0.2, -0.15) is 0 Å². The second-order valence-corrected chi connectivity index (χ2v) is 6.60. The van der Waals surface area contributed by atoms with Gasteiger partial charge in [-0.05, 0) is 31.5 Å². The molecule has 0 bridgehead atoms. The van der Waals surface area contributed by atoms with E-state index in [0.717, 1.165) is 6.42 Å². The molecular formula is C15H15Cl2N3O2S. The normalized spacial score (nSPS) is 11.8. The van der Waals surface area contributed by atoms with Crippen LogP contribution in [0.2, 0.25) is 10.0 Å². The molecule has 1 aromatic carbocycles. The van der Waals surface area contributed by atoms with E-state index in [1.807, 2.05) is 13.8 Å². The number of nitrogens with zero attached hydrogens (tertiary/aromatic N) is 1. The second-order valence-electron chi connectivity index (χ2n) is 4.90. The molecular weight excluding hydrogens is 357 g/mol. The fourth-order valence-corrected chi connectivity index (χ4v) is 2.85. The number of benzene rings is 1. The van der Waals surface area contributed by atoms with Crippen molar-refractivity contribution in [2.75, 3.05) is 5.32 Å². The Kier molecular flexibility index (Phi) is 5.98. The minimum Gasteiger partial charge on any atom is -0.348 e. The molecule has 0 fully saturated rings. The fourth-order valence-electron chi connectivity index (χ4n) is 1.67. The maximum absolute atomic E-state index is 12.2. The van der Waals surface area contributed by atoms with Crippen LogP contribution in [0.15, 0.2) is 23.6 Å². The van der Waals surface area contributed by atoms with Crippen LogP contribution in [0.1, 0.15) is 41.1 Å². The average Bonchev–Trinajstić information content (AvgIpc) is 2.95. The molecule has 0 aliphatic carbocycles. The van der Waals surface area contributed by atoms with Crippen LogP contribution in [0.4, 0.5) is 5.13 Å². The van der Waals surface area contributed by atoms with Gasteiger partial charge >= 0.3 is 0 Å². The van der Waals surface area contributed by atoms with E-state index >= 15 is 0 Å². The monoisotopic (exact) mass is 371 g/mol. The number of rotatable bonds is 5. The predicted octanol–water partition coefficient (Wildman–Crippen LogP) is 4.23. The number of nitrogens with one attached hydrogen (secondary N) is 2. The van der Waals surface area contributed by atoms with Gasteiger partial charge < -0.3 is 5.32 Å². The number of carbonyl (C=O) groups excluding carboxylic acids is 2. The van der Waals surface area contributed by atoms with Crippen molar-refractivity contribution in [1.29, 1.82) is 0 Å². The molecule has 23 heavy (non-hydrogen) atoms. The molecule has 5 nitrogen and oxygen atoms in total. The zero-order valence-corrected chi connectivity index (χ0v) is 14.9. The molecule has 1 atom stereocenters. The summed E-state index contributed by atoms with van der Waals surface area (Å²) in [6.45, 7) is 3.89. The molecule has 1 aromatic heterocycles. The largest absolute Gasteiger partial charge is 0.348 e. The molecule has 0 spiro atoms. The summed E-state index contributed by atoms with van der Waals surface area (Å²) in [5, 5.41) is 8.06. The third-order valence-corrected chi connectivity index (χ3v) is 4.43. The number of carbonyl (C=O) groups is 2. The molecule has 2 N–H and O–H groups in total. The highest BCUT2D eigenvalue weighted by molar-refractivity contribution is 7.14. The van der Waals surface area contributed by atoms with Crippen LogP contribution in [0.25, 0.3) is 0 Å². The third kappa shape index (κ3) is 4.67. The Balaban J connectivity index is 2.06. The number of thiazole rings is 1. The second kappa shape index (κ2) is 7.77. The van der Waals surface area contributed by atoms with E-state index in [4.69, 9.17) is 23.2 Å². The molecule has 2 rings (SSSR count). The van der Waals surface area contributed by atoms with E-state index in [1.165, 1.54) is 23.5 Å². The molecule has 1 heterocycles. The SMILES string of the molecule is CC[C@@H](C)NC(=O)c1csc(NC(=O)c2ccc(Cl)cc2Cl)n1. The van der Waals surface area contributed by atoms with Gasteiger partial charge in [0.15, 0.2) is 5.13 Å². The Bertz CT molecular complexity index is 733. The summed E-state index contributed by atoms with van der Waals surface area (Å²) >= 11 is 13.0. The maximum atomic E-state index is 12.2. The topological polar surface area (TPSA) is 71.1 Å². The lowest BCUT2D eigenvalue weighted by Crippen LogP contribution is -2.32. The molecule has 0 saturated heterocycles. The zero-order chi connectivity index (χ0) is 17.0. The highest BCUT2D eigenvalue weighted by Crippen LogP contribution is 2.23. The Morgan fingerprint density at radius 1 is 1.30 bits per heavy atom. The minimum absolute atomic E-state index is 0.0649. The van der Waals surface area contributed by atoms with Crippen molar-refractivity contribution in [2.45, 2.75) is 26.3 Å². The van der Waals surface area contributed by atoms with E-state index in [9.17, 15) is 9.59 Å². The van der Waals surface area contributed by atoms with Crippen LogP contribution in [-0.4, -0.2) is 22.8 Å². The van der Waals surface area contributed by atoms with Gasteiger partial charge in [-0.25, -0.2) is 4.98 Å². The van der Waals surface area contributed by atoms with Crippen LogP contribution >= 0.6 is 34.5 Å². The van der Waals surface area contributed by atoms with Crippen molar-refractivity contribution in [3.8, 4) is 0 Å². The number of aromatic nitrogens is 1. The first-order valence-corrected chi connectivity index (χ1v) is 8.57. The van der Waals surface area contributed by atoms with Crippen LogP contribution in [0, 0.1) is 0 Å². The maximum Gasteiger partial charge on any atom is 0.271 e. The average molecular weight is 372 g/mol. The molecule has 0 aliphatic heterocycles. The summed E-state index contributed by atoms with van der Waals surface area (Å²) < 4.78 is 0. The molecule has 2 aromatic rings. The van der Waals surface area contributed by atoms with E-state index in [-0.39, 0.29) is 28.2 Å². The molecule has 0 radical (unpaired) electrons. The van der Waals surface area contributed by atoms with Crippen molar-refractivity contribution in [1.82, 2.24) is 10.3 Å². The summed E-state index contributed by atoms with van der Waals surface area (Å²) in [6, 6.07) is 4.67. The van der Waals surface area contributed by atoms with Crippen LogP contribution in [0.3, 0.4) is 0 Å². The van der Waals surface area contributed by atoms with E-state index in [0.29, 0.717) is 10.2 Å². The summed E-state index contributed by atoms with van der Waals surface area (Å²) in [5.74, 6) is -0.671. The fraction of sp³-hybridized carbons (Fsp3) is 0.267. The van der Waals surface area contributed by atoms with Gasteiger partial charge in [0.25, 0.3) is 11.8 Å². The quantitative estimate of drug-likeness (QED) is 0.825. The third-order valence-electron chi connectivity index (χ3n) is 3.12. The number of amides is 2. The Morgan fingerprint density at radius 3 is 2.70 bits per heavy atom. The van der Waals surface area contributed by atoms with Gasteiger partial charge in [-0.15, -0.1) is 11.3 Å². The standard InChI is InChI=1S/C15H15Cl2N3O2S/c1-3-8(2)18-14(22)12-7-23-15(19-12)20-13(21)10-5-4-9(16)6-11(10)17/h4-8H,3H2,1-2H3,(H,18,22)(H,19,20,21)/t8-/m1/s1. The first-order chi connectivity index (χ1) is 10.9. The van der Waals surface area contributed by atoms with Gasteiger partial charge in [0, 0.05) is 16.4 Å². The highest BCUT2D eigenvalue weighted by atomic mass is 35.5. The van der Waals surface area contributed by atoms with Crippen molar-refractivity contribution >= 4 is 51.5 Å². The van der Waals surface area contributed by atoms with Gasteiger partial charge in [-0.3, -0.25) is 14.9 Å². The van der Waals surface area contributed by atoms with Gasteiger partial charge in [0.1, 0.15) is 5.69 Å². The van der Waals surface area contributed by atoms with Crippen LogP contribution in [-0.2, 0) is 0 Å². The lowest BCUT2D eigenvalue weighted by atomic mass is 10.2.